The van der Waals surface area contributed by atoms with Crippen LogP contribution in [0.15, 0.2) is 35.2 Å². The summed E-state index contributed by atoms with van der Waals surface area (Å²) in [5, 5.41) is 3.04. The van der Waals surface area contributed by atoms with Gasteiger partial charge in [0.2, 0.25) is 11.8 Å². The van der Waals surface area contributed by atoms with Gasteiger partial charge in [0, 0.05) is 30.4 Å². The van der Waals surface area contributed by atoms with Crippen LogP contribution in [0.3, 0.4) is 0 Å². The molecule has 1 saturated heterocycles. The van der Waals surface area contributed by atoms with Crippen molar-refractivity contribution in [3.05, 3.63) is 30.3 Å². The van der Waals surface area contributed by atoms with Gasteiger partial charge in [-0.05, 0) is 37.1 Å². The molecule has 0 aliphatic carbocycles. The fraction of sp³-hybridized carbons (Fsp3) is 0.579. The molecule has 1 heterocycles. The van der Waals surface area contributed by atoms with Crippen LogP contribution in [0.5, 0.6) is 0 Å². The van der Waals surface area contributed by atoms with Crippen LogP contribution in [0, 0.1) is 11.8 Å². The normalized spacial score (nSPS) is 17.8. The Morgan fingerprint density at radius 2 is 2.04 bits per heavy atom. The van der Waals surface area contributed by atoms with Crippen LogP contribution in [-0.2, 0) is 9.59 Å². The van der Waals surface area contributed by atoms with Crippen LogP contribution in [-0.4, -0.2) is 42.1 Å². The fourth-order valence-corrected chi connectivity index (χ4v) is 3.77. The number of amides is 2. The topological polar surface area (TPSA) is 49.4 Å². The third-order valence-corrected chi connectivity index (χ3v) is 5.33. The molecule has 0 unspecified atom stereocenters. The van der Waals surface area contributed by atoms with E-state index in [0.717, 1.165) is 31.6 Å². The minimum atomic E-state index is -0.0526. The molecule has 0 radical (unpaired) electrons. The summed E-state index contributed by atoms with van der Waals surface area (Å²) in [6, 6.07) is 10.3. The zero-order valence-corrected chi connectivity index (χ0v) is 15.5. The molecule has 1 aliphatic rings. The van der Waals surface area contributed by atoms with Crippen molar-refractivity contribution >= 4 is 23.6 Å². The SMILES string of the molecule is CC(C)C(=O)N1CCC[C@H](C(=O)NCCCSc2ccccc2)C1. The first-order chi connectivity index (χ1) is 11.6. The Labute approximate surface area is 149 Å². The van der Waals surface area contributed by atoms with Crippen molar-refractivity contribution < 1.29 is 9.59 Å². The van der Waals surface area contributed by atoms with Gasteiger partial charge in [0.05, 0.1) is 5.92 Å². The van der Waals surface area contributed by atoms with E-state index in [0.29, 0.717) is 13.1 Å². The van der Waals surface area contributed by atoms with E-state index in [1.165, 1.54) is 4.90 Å². The lowest BCUT2D eigenvalue weighted by molar-refractivity contribution is -0.138. The Bertz CT molecular complexity index is 533. The summed E-state index contributed by atoms with van der Waals surface area (Å²) in [7, 11) is 0. The molecular weight excluding hydrogens is 320 g/mol. The maximum absolute atomic E-state index is 12.3. The maximum Gasteiger partial charge on any atom is 0.225 e. The largest absolute Gasteiger partial charge is 0.356 e. The standard InChI is InChI=1S/C19H28N2O2S/c1-15(2)19(23)21-12-6-8-16(14-21)18(22)20-11-7-13-24-17-9-4-3-5-10-17/h3-5,9-10,15-16H,6-8,11-14H2,1-2H3,(H,20,22)/t16-/m0/s1. The molecule has 4 nitrogen and oxygen atoms in total. The molecular formula is C19H28N2O2S. The Hall–Kier alpha value is -1.49. The van der Waals surface area contributed by atoms with Gasteiger partial charge in [-0.15, -0.1) is 11.8 Å². The van der Waals surface area contributed by atoms with Gasteiger partial charge in [-0.3, -0.25) is 9.59 Å². The molecule has 132 valence electrons. The monoisotopic (exact) mass is 348 g/mol. The Balaban J connectivity index is 1.65. The van der Waals surface area contributed by atoms with Crippen molar-refractivity contribution in [3.8, 4) is 0 Å². The van der Waals surface area contributed by atoms with E-state index in [4.69, 9.17) is 0 Å². The molecule has 1 N–H and O–H groups in total. The molecule has 24 heavy (non-hydrogen) atoms. The number of rotatable bonds is 7. The van der Waals surface area contributed by atoms with Crippen molar-refractivity contribution in [1.82, 2.24) is 10.2 Å². The van der Waals surface area contributed by atoms with Gasteiger partial charge < -0.3 is 10.2 Å². The molecule has 0 aromatic heterocycles. The molecule has 0 bridgehead atoms. The number of hydrogen-bond acceptors (Lipinski definition) is 3. The third kappa shape index (κ3) is 5.86. The van der Waals surface area contributed by atoms with Crippen LogP contribution in [0.25, 0.3) is 0 Å². The molecule has 2 rings (SSSR count). The average molecular weight is 349 g/mol. The molecule has 1 fully saturated rings. The maximum atomic E-state index is 12.3. The second-order valence-corrected chi connectivity index (χ2v) is 7.75. The second kappa shape index (κ2) is 9.72. The van der Waals surface area contributed by atoms with Crippen LogP contribution in [0.2, 0.25) is 0 Å². The number of thioether (sulfide) groups is 1. The summed E-state index contributed by atoms with van der Waals surface area (Å²) in [6.07, 6.45) is 2.75. The third-order valence-electron chi connectivity index (χ3n) is 4.23. The lowest BCUT2D eigenvalue weighted by Crippen LogP contribution is -2.46. The zero-order chi connectivity index (χ0) is 17.4. The average Bonchev–Trinajstić information content (AvgIpc) is 2.61. The Morgan fingerprint density at radius 1 is 1.29 bits per heavy atom. The summed E-state index contributed by atoms with van der Waals surface area (Å²) in [5.41, 5.74) is 0. The van der Waals surface area contributed by atoms with E-state index >= 15 is 0 Å². The smallest absolute Gasteiger partial charge is 0.225 e. The van der Waals surface area contributed by atoms with E-state index in [1.54, 1.807) is 0 Å². The molecule has 1 atom stereocenters. The van der Waals surface area contributed by atoms with Gasteiger partial charge in [0.25, 0.3) is 0 Å². The van der Waals surface area contributed by atoms with Crippen molar-refractivity contribution in [1.29, 1.82) is 0 Å². The first-order valence-corrected chi connectivity index (χ1v) is 9.81. The fourth-order valence-electron chi connectivity index (χ4n) is 2.89. The number of likely N-dealkylation sites (tertiary alicyclic amines) is 1. The van der Waals surface area contributed by atoms with Crippen molar-refractivity contribution in [2.45, 2.75) is 38.0 Å². The van der Waals surface area contributed by atoms with E-state index in [-0.39, 0.29) is 23.7 Å². The highest BCUT2D eigenvalue weighted by molar-refractivity contribution is 7.99. The van der Waals surface area contributed by atoms with E-state index in [9.17, 15) is 9.59 Å². The number of nitrogens with zero attached hydrogens (tertiary/aromatic N) is 1. The van der Waals surface area contributed by atoms with Crippen LogP contribution < -0.4 is 5.32 Å². The second-order valence-electron chi connectivity index (χ2n) is 6.58. The number of carbonyl (C=O) groups excluding carboxylic acids is 2. The molecule has 0 saturated carbocycles. The van der Waals surface area contributed by atoms with Crippen molar-refractivity contribution in [2.24, 2.45) is 11.8 Å². The lowest BCUT2D eigenvalue weighted by Gasteiger charge is -2.33. The molecule has 1 aliphatic heterocycles. The van der Waals surface area contributed by atoms with Gasteiger partial charge in [0.15, 0.2) is 0 Å². The highest BCUT2D eigenvalue weighted by Crippen LogP contribution is 2.19. The molecule has 2 amide bonds. The van der Waals surface area contributed by atoms with E-state index in [1.807, 2.05) is 48.7 Å². The van der Waals surface area contributed by atoms with Gasteiger partial charge in [-0.25, -0.2) is 0 Å². The van der Waals surface area contributed by atoms with Crippen molar-refractivity contribution in [3.63, 3.8) is 0 Å². The highest BCUT2D eigenvalue weighted by Gasteiger charge is 2.28. The highest BCUT2D eigenvalue weighted by atomic mass is 32.2. The molecule has 1 aromatic rings. The first kappa shape index (κ1) is 18.8. The lowest BCUT2D eigenvalue weighted by atomic mass is 9.96. The summed E-state index contributed by atoms with van der Waals surface area (Å²) < 4.78 is 0. The first-order valence-electron chi connectivity index (χ1n) is 8.82. The number of hydrogen-bond donors (Lipinski definition) is 1. The van der Waals surface area contributed by atoms with Gasteiger partial charge >= 0.3 is 0 Å². The number of nitrogens with one attached hydrogen (secondary N) is 1. The molecule has 0 spiro atoms. The summed E-state index contributed by atoms with van der Waals surface area (Å²) in [5.74, 6) is 1.20. The number of carbonyl (C=O) groups is 2. The number of piperidine rings is 1. The van der Waals surface area contributed by atoms with Crippen LogP contribution in [0.4, 0.5) is 0 Å². The van der Waals surface area contributed by atoms with Crippen LogP contribution in [0.1, 0.15) is 33.1 Å². The van der Waals surface area contributed by atoms with Gasteiger partial charge in [-0.1, -0.05) is 32.0 Å². The quantitative estimate of drug-likeness (QED) is 0.608. The number of benzene rings is 1. The van der Waals surface area contributed by atoms with E-state index < -0.39 is 0 Å². The van der Waals surface area contributed by atoms with Crippen molar-refractivity contribution in [2.75, 3.05) is 25.4 Å². The van der Waals surface area contributed by atoms with Gasteiger partial charge in [0.1, 0.15) is 0 Å². The minimum Gasteiger partial charge on any atom is -0.356 e. The minimum absolute atomic E-state index is 0.00169. The summed E-state index contributed by atoms with van der Waals surface area (Å²) in [6.45, 7) is 5.89. The Morgan fingerprint density at radius 3 is 2.75 bits per heavy atom. The Kier molecular flexibility index (Phi) is 7.63. The van der Waals surface area contributed by atoms with E-state index in [2.05, 4.69) is 17.4 Å². The van der Waals surface area contributed by atoms with Crippen LogP contribution >= 0.6 is 11.8 Å². The zero-order valence-electron chi connectivity index (χ0n) is 14.7. The molecule has 5 heteroatoms. The summed E-state index contributed by atoms with van der Waals surface area (Å²) >= 11 is 1.81. The predicted octanol–water partition coefficient (Wildman–Crippen LogP) is 3.18. The predicted molar refractivity (Wildman–Crippen MR) is 98.9 cm³/mol. The molecule has 1 aromatic carbocycles. The summed E-state index contributed by atoms with van der Waals surface area (Å²) in [4.78, 5) is 27.5. The van der Waals surface area contributed by atoms with Gasteiger partial charge in [-0.2, -0.15) is 0 Å².